The molecule has 1 aromatic carbocycles. The van der Waals surface area contributed by atoms with Gasteiger partial charge in [0.2, 0.25) is 0 Å². The Morgan fingerprint density at radius 2 is 2.20 bits per heavy atom. The molecule has 0 bridgehead atoms. The minimum absolute atomic E-state index is 0.300. The van der Waals surface area contributed by atoms with E-state index in [9.17, 15) is 0 Å². The van der Waals surface area contributed by atoms with Crippen LogP contribution in [0.2, 0.25) is 0 Å². The van der Waals surface area contributed by atoms with E-state index in [0.29, 0.717) is 19.3 Å². The zero-order chi connectivity index (χ0) is 17.9. The Kier molecular flexibility index (Phi) is 8.55. The SMILES string of the molecule is CN=C(NCCCOCC1CCCO1)NCc1cc(C)cc(OC)c1. The molecule has 6 nitrogen and oxygen atoms in total. The third kappa shape index (κ3) is 7.32. The standard InChI is InChI=1S/C19H31N3O3/c1-15-10-16(12-18(11-15)23-3)13-22-19(20-2)21-7-5-8-24-14-17-6-4-9-25-17/h10-12,17H,4-9,13-14H2,1-3H3,(H2,20,21,22). The highest BCUT2D eigenvalue weighted by atomic mass is 16.5. The molecule has 6 heteroatoms. The molecule has 1 unspecified atom stereocenters. The van der Waals surface area contributed by atoms with Crippen LogP contribution in [0.15, 0.2) is 23.2 Å². The van der Waals surface area contributed by atoms with Crippen molar-refractivity contribution in [2.75, 3.05) is 40.5 Å². The number of aryl methyl sites for hydroxylation is 1. The average Bonchev–Trinajstić information content (AvgIpc) is 3.13. The second-order valence-electron chi connectivity index (χ2n) is 6.27. The van der Waals surface area contributed by atoms with E-state index in [4.69, 9.17) is 14.2 Å². The van der Waals surface area contributed by atoms with E-state index in [-0.39, 0.29) is 0 Å². The Labute approximate surface area is 151 Å². The van der Waals surface area contributed by atoms with Gasteiger partial charge in [0.15, 0.2) is 5.96 Å². The van der Waals surface area contributed by atoms with Crippen LogP contribution >= 0.6 is 0 Å². The van der Waals surface area contributed by atoms with Crippen molar-refractivity contribution in [3.8, 4) is 5.75 Å². The summed E-state index contributed by atoms with van der Waals surface area (Å²) in [5.74, 6) is 1.67. The van der Waals surface area contributed by atoms with E-state index >= 15 is 0 Å². The highest BCUT2D eigenvalue weighted by Crippen LogP contribution is 2.16. The largest absolute Gasteiger partial charge is 0.497 e. The Morgan fingerprint density at radius 3 is 2.92 bits per heavy atom. The molecule has 0 aliphatic carbocycles. The highest BCUT2D eigenvalue weighted by molar-refractivity contribution is 5.79. The summed E-state index contributed by atoms with van der Waals surface area (Å²) < 4.78 is 16.5. The lowest BCUT2D eigenvalue weighted by molar-refractivity contribution is 0.0168. The molecule has 2 rings (SSSR count). The molecule has 1 saturated heterocycles. The summed E-state index contributed by atoms with van der Waals surface area (Å²) in [7, 11) is 3.47. The van der Waals surface area contributed by atoms with E-state index < -0.39 is 0 Å². The third-order valence-corrected chi connectivity index (χ3v) is 4.12. The van der Waals surface area contributed by atoms with Gasteiger partial charge in [-0.3, -0.25) is 4.99 Å². The second-order valence-corrected chi connectivity index (χ2v) is 6.27. The molecule has 1 aliphatic heterocycles. The first-order chi connectivity index (χ1) is 12.2. The molecule has 1 aliphatic rings. The number of nitrogens with one attached hydrogen (secondary N) is 2. The fourth-order valence-corrected chi connectivity index (χ4v) is 2.82. The molecule has 0 amide bonds. The van der Waals surface area contributed by atoms with Gasteiger partial charge < -0.3 is 24.8 Å². The molecule has 0 aromatic heterocycles. The van der Waals surface area contributed by atoms with Gasteiger partial charge in [-0.05, 0) is 49.4 Å². The highest BCUT2D eigenvalue weighted by Gasteiger charge is 2.14. The molecule has 1 atom stereocenters. The van der Waals surface area contributed by atoms with E-state index in [2.05, 4.69) is 28.6 Å². The van der Waals surface area contributed by atoms with Gasteiger partial charge >= 0.3 is 0 Å². The maximum Gasteiger partial charge on any atom is 0.191 e. The average molecular weight is 349 g/mol. The van der Waals surface area contributed by atoms with Crippen molar-refractivity contribution in [2.45, 2.75) is 38.8 Å². The topological polar surface area (TPSA) is 64.1 Å². The van der Waals surface area contributed by atoms with Gasteiger partial charge in [-0.25, -0.2) is 0 Å². The van der Waals surface area contributed by atoms with E-state index in [1.54, 1.807) is 14.2 Å². The smallest absolute Gasteiger partial charge is 0.191 e. The lowest BCUT2D eigenvalue weighted by Gasteiger charge is -2.13. The third-order valence-electron chi connectivity index (χ3n) is 4.12. The molecule has 1 fully saturated rings. The molecule has 0 radical (unpaired) electrons. The molecule has 1 heterocycles. The molecule has 0 saturated carbocycles. The van der Waals surface area contributed by atoms with Crippen LogP contribution in [-0.2, 0) is 16.0 Å². The fraction of sp³-hybridized carbons (Fsp3) is 0.632. The molecule has 2 N–H and O–H groups in total. The first-order valence-corrected chi connectivity index (χ1v) is 8.99. The Hall–Kier alpha value is -1.79. The summed E-state index contributed by atoms with van der Waals surface area (Å²) in [5.41, 5.74) is 2.35. The summed E-state index contributed by atoms with van der Waals surface area (Å²) in [6, 6.07) is 6.20. The second kappa shape index (κ2) is 10.9. The summed E-state index contributed by atoms with van der Waals surface area (Å²) in [5, 5.41) is 6.63. The van der Waals surface area contributed by atoms with Gasteiger partial charge in [-0.1, -0.05) is 6.07 Å². The zero-order valence-electron chi connectivity index (χ0n) is 15.6. The van der Waals surface area contributed by atoms with Gasteiger partial charge in [0.05, 0.1) is 19.8 Å². The van der Waals surface area contributed by atoms with Crippen molar-refractivity contribution < 1.29 is 14.2 Å². The first kappa shape index (κ1) is 19.5. The summed E-state index contributed by atoms with van der Waals surface area (Å²) >= 11 is 0. The minimum Gasteiger partial charge on any atom is -0.497 e. The number of benzene rings is 1. The number of methoxy groups -OCH3 is 1. The van der Waals surface area contributed by atoms with Crippen LogP contribution in [0.3, 0.4) is 0 Å². The van der Waals surface area contributed by atoms with Crippen LogP contribution in [0.5, 0.6) is 5.75 Å². The van der Waals surface area contributed by atoms with Crippen LogP contribution in [0, 0.1) is 6.92 Å². The van der Waals surface area contributed by atoms with E-state index in [0.717, 1.165) is 50.7 Å². The van der Waals surface area contributed by atoms with Gasteiger partial charge in [-0.2, -0.15) is 0 Å². The van der Waals surface area contributed by atoms with Gasteiger partial charge in [0.25, 0.3) is 0 Å². The predicted molar refractivity (Wildman–Crippen MR) is 100 cm³/mol. The number of hydrogen-bond donors (Lipinski definition) is 2. The zero-order valence-corrected chi connectivity index (χ0v) is 15.6. The Balaban J connectivity index is 1.61. The van der Waals surface area contributed by atoms with Crippen molar-refractivity contribution in [1.82, 2.24) is 10.6 Å². The quantitative estimate of drug-likeness (QED) is 0.407. The predicted octanol–water partition coefficient (Wildman–Crippen LogP) is 2.25. The van der Waals surface area contributed by atoms with Crippen LogP contribution < -0.4 is 15.4 Å². The monoisotopic (exact) mass is 349 g/mol. The van der Waals surface area contributed by atoms with Gasteiger partial charge in [-0.15, -0.1) is 0 Å². The minimum atomic E-state index is 0.300. The molecule has 25 heavy (non-hydrogen) atoms. The van der Waals surface area contributed by atoms with Crippen LogP contribution in [0.25, 0.3) is 0 Å². The van der Waals surface area contributed by atoms with Crippen LogP contribution in [-0.4, -0.2) is 52.6 Å². The van der Waals surface area contributed by atoms with Crippen molar-refractivity contribution >= 4 is 5.96 Å². The summed E-state index contributed by atoms with van der Waals surface area (Å²) in [6.45, 7) is 5.91. The summed E-state index contributed by atoms with van der Waals surface area (Å²) in [4.78, 5) is 4.25. The fourth-order valence-electron chi connectivity index (χ4n) is 2.82. The normalized spacial score (nSPS) is 17.6. The number of aliphatic imine (C=N–C) groups is 1. The van der Waals surface area contributed by atoms with Crippen molar-refractivity contribution in [3.05, 3.63) is 29.3 Å². The first-order valence-electron chi connectivity index (χ1n) is 8.99. The molecule has 140 valence electrons. The number of rotatable bonds is 9. The van der Waals surface area contributed by atoms with Gasteiger partial charge in [0.1, 0.15) is 5.75 Å². The molecular formula is C19H31N3O3. The Morgan fingerprint density at radius 1 is 1.32 bits per heavy atom. The van der Waals surface area contributed by atoms with E-state index in [1.807, 2.05) is 12.1 Å². The maximum absolute atomic E-state index is 5.66. The maximum atomic E-state index is 5.66. The number of nitrogens with zero attached hydrogens (tertiary/aromatic N) is 1. The van der Waals surface area contributed by atoms with E-state index in [1.165, 1.54) is 11.1 Å². The summed E-state index contributed by atoms with van der Waals surface area (Å²) in [6.07, 6.45) is 3.52. The molecule has 0 spiro atoms. The molecular weight excluding hydrogens is 318 g/mol. The lowest BCUT2D eigenvalue weighted by atomic mass is 10.1. The Bertz CT molecular complexity index is 543. The van der Waals surface area contributed by atoms with Crippen molar-refractivity contribution in [1.29, 1.82) is 0 Å². The number of guanidine groups is 1. The lowest BCUT2D eigenvalue weighted by Crippen LogP contribution is -2.37. The van der Waals surface area contributed by atoms with Crippen LogP contribution in [0.4, 0.5) is 0 Å². The number of hydrogen-bond acceptors (Lipinski definition) is 4. The van der Waals surface area contributed by atoms with Crippen molar-refractivity contribution in [3.63, 3.8) is 0 Å². The van der Waals surface area contributed by atoms with Gasteiger partial charge in [0, 0.05) is 33.4 Å². The molecule has 1 aromatic rings. The van der Waals surface area contributed by atoms with Crippen LogP contribution in [0.1, 0.15) is 30.4 Å². The number of ether oxygens (including phenoxy) is 3. The van der Waals surface area contributed by atoms with Crippen molar-refractivity contribution in [2.24, 2.45) is 4.99 Å².